The number of nitrogen functional groups attached to an aromatic ring is 1. The lowest BCUT2D eigenvalue weighted by atomic mass is 10.1. The lowest BCUT2D eigenvalue weighted by molar-refractivity contribution is -0.131. The molecule has 0 bridgehead atoms. The number of para-hydroxylation sites is 1. The molecule has 1 fully saturated rings. The molecule has 0 saturated carbocycles. The molecule has 4 rings (SSSR count). The van der Waals surface area contributed by atoms with Crippen LogP contribution in [0.3, 0.4) is 0 Å². The molecule has 34 heavy (non-hydrogen) atoms. The lowest BCUT2D eigenvalue weighted by Crippen LogP contribution is -2.45. The van der Waals surface area contributed by atoms with Gasteiger partial charge in [-0.1, -0.05) is 18.2 Å². The summed E-state index contributed by atoms with van der Waals surface area (Å²) in [4.78, 5) is 29.2. The van der Waals surface area contributed by atoms with Gasteiger partial charge < -0.3 is 26.0 Å². The van der Waals surface area contributed by atoms with E-state index in [4.69, 9.17) is 15.8 Å². The first-order chi connectivity index (χ1) is 16.4. The Morgan fingerprint density at radius 1 is 1.18 bits per heavy atom. The van der Waals surface area contributed by atoms with Crippen LogP contribution < -0.4 is 16.0 Å². The maximum absolute atomic E-state index is 11.0. The molecule has 0 atom stereocenters. The van der Waals surface area contributed by atoms with E-state index in [0.29, 0.717) is 23.6 Å². The number of nitrogens with one attached hydrogen (secondary N) is 1. The molecule has 4 N–H and O–H groups in total. The number of aromatic nitrogens is 3. The third-order valence-corrected chi connectivity index (χ3v) is 6.04. The zero-order valence-electron chi connectivity index (χ0n) is 19.7. The highest BCUT2D eigenvalue weighted by molar-refractivity contribution is 5.87. The van der Waals surface area contributed by atoms with Gasteiger partial charge in [-0.05, 0) is 50.6 Å². The zero-order valence-corrected chi connectivity index (χ0v) is 19.7. The maximum Gasteiger partial charge on any atom is 0.328 e. The first kappa shape index (κ1) is 23.4. The summed E-state index contributed by atoms with van der Waals surface area (Å²) in [5, 5.41) is 13.4. The summed E-state index contributed by atoms with van der Waals surface area (Å²) < 4.78 is 0. The number of hydrogen-bond donors (Lipinski definition) is 3. The van der Waals surface area contributed by atoms with Gasteiger partial charge in [0.05, 0.1) is 11.2 Å². The molecule has 2 aromatic heterocycles. The van der Waals surface area contributed by atoms with Crippen LogP contribution in [0.1, 0.15) is 23.2 Å². The molecule has 1 aliphatic heterocycles. The smallest absolute Gasteiger partial charge is 0.328 e. The first-order valence-electron chi connectivity index (χ1n) is 11.5. The molecular weight excluding hydrogens is 430 g/mol. The highest BCUT2D eigenvalue weighted by Gasteiger charge is 2.19. The topological polar surface area (TPSA) is 120 Å². The number of fused-ring (bicyclic) bond motifs is 1. The highest BCUT2D eigenvalue weighted by atomic mass is 16.4. The van der Waals surface area contributed by atoms with Crippen molar-refractivity contribution in [3.63, 3.8) is 0 Å². The number of nitrogens with two attached hydrogens (primary N) is 1. The third-order valence-electron chi connectivity index (χ3n) is 6.04. The van der Waals surface area contributed by atoms with Crippen LogP contribution in [0.5, 0.6) is 0 Å². The van der Waals surface area contributed by atoms with Crippen molar-refractivity contribution < 1.29 is 9.90 Å². The van der Waals surface area contributed by atoms with E-state index in [1.54, 1.807) is 6.92 Å². The first-order valence-corrected chi connectivity index (χ1v) is 11.5. The third kappa shape index (κ3) is 5.60. The van der Waals surface area contributed by atoms with Crippen molar-refractivity contribution in [2.24, 2.45) is 0 Å². The summed E-state index contributed by atoms with van der Waals surface area (Å²) in [6.07, 6.45) is 4.28. The fraction of sp³-hybridized carbons (Fsp3) is 0.360. The minimum absolute atomic E-state index is 0.156. The lowest BCUT2D eigenvalue weighted by Gasteiger charge is -2.34. The second-order valence-corrected chi connectivity index (χ2v) is 8.59. The number of pyridine rings is 1. The van der Waals surface area contributed by atoms with Crippen LogP contribution in [-0.2, 0) is 11.2 Å². The van der Waals surface area contributed by atoms with Gasteiger partial charge in [-0.3, -0.25) is 0 Å². The SMILES string of the molecule is Cc1nc(N)nc(NCCCc2cc3ccccc3nc2N2CCN(C)CC2)c1C=CC(=O)O. The number of aliphatic carboxylic acids is 1. The van der Waals surface area contributed by atoms with Crippen molar-refractivity contribution in [2.45, 2.75) is 19.8 Å². The molecule has 0 spiro atoms. The summed E-state index contributed by atoms with van der Waals surface area (Å²) in [5.41, 5.74) is 9.32. The second kappa shape index (κ2) is 10.5. The van der Waals surface area contributed by atoms with Crippen molar-refractivity contribution in [1.29, 1.82) is 0 Å². The van der Waals surface area contributed by atoms with Crippen LogP contribution >= 0.6 is 0 Å². The van der Waals surface area contributed by atoms with Gasteiger partial charge in [-0.2, -0.15) is 4.98 Å². The van der Waals surface area contributed by atoms with E-state index in [9.17, 15) is 4.79 Å². The quantitative estimate of drug-likeness (QED) is 0.343. The number of carbonyl (C=O) groups is 1. The minimum Gasteiger partial charge on any atom is -0.478 e. The van der Waals surface area contributed by atoms with Crippen molar-refractivity contribution in [2.75, 3.05) is 55.7 Å². The van der Waals surface area contributed by atoms with Gasteiger partial charge in [0.1, 0.15) is 11.6 Å². The van der Waals surface area contributed by atoms with Gasteiger partial charge in [-0.15, -0.1) is 0 Å². The van der Waals surface area contributed by atoms with Crippen molar-refractivity contribution >= 4 is 40.5 Å². The molecule has 9 heteroatoms. The monoisotopic (exact) mass is 461 g/mol. The number of anilines is 3. The highest BCUT2D eigenvalue weighted by Crippen LogP contribution is 2.26. The van der Waals surface area contributed by atoms with E-state index >= 15 is 0 Å². The van der Waals surface area contributed by atoms with Crippen LogP contribution in [0, 0.1) is 6.92 Å². The Morgan fingerprint density at radius 3 is 2.71 bits per heavy atom. The van der Waals surface area contributed by atoms with Gasteiger partial charge in [0.25, 0.3) is 0 Å². The summed E-state index contributed by atoms with van der Waals surface area (Å²) in [5.74, 6) is 0.739. The van der Waals surface area contributed by atoms with Crippen LogP contribution in [-0.4, -0.2) is 70.7 Å². The van der Waals surface area contributed by atoms with Gasteiger partial charge in [0.2, 0.25) is 5.95 Å². The van der Waals surface area contributed by atoms with Crippen LogP contribution in [0.2, 0.25) is 0 Å². The van der Waals surface area contributed by atoms with E-state index in [0.717, 1.165) is 61.8 Å². The number of carboxylic acids is 1. The number of benzene rings is 1. The van der Waals surface area contributed by atoms with E-state index < -0.39 is 5.97 Å². The fourth-order valence-corrected chi connectivity index (χ4v) is 4.20. The number of hydrogen-bond acceptors (Lipinski definition) is 8. The van der Waals surface area contributed by atoms with Crippen molar-refractivity contribution in [3.8, 4) is 0 Å². The summed E-state index contributed by atoms with van der Waals surface area (Å²) in [6.45, 7) is 6.41. The van der Waals surface area contributed by atoms with Crippen molar-refractivity contribution in [3.05, 3.63) is 53.2 Å². The van der Waals surface area contributed by atoms with E-state index in [1.165, 1.54) is 11.6 Å². The maximum atomic E-state index is 11.0. The van der Waals surface area contributed by atoms with Gasteiger partial charge in [0.15, 0.2) is 0 Å². The number of aryl methyl sites for hydroxylation is 2. The predicted molar refractivity (Wildman–Crippen MR) is 136 cm³/mol. The summed E-state index contributed by atoms with van der Waals surface area (Å²) in [7, 11) is 2.15. The number of nitrogens with zero attached hydrogens (tertiary/aromatic N) is 5. The number of rotatable bonds is 8. The fourth-order valence-electron chi connectivity index (χ4n) is 4.20. The Hall–Kier alpha value is -3.72. The Labute approximate surface area is 199 Å². The molecule has 9 nitrogen and oxygen atoms in total. The number of carboxylic acid groups (broad SMARTS) is 1. The van der Waals surface area contributed by atoms with Crippen LogP contribution in [0.15, 0.2) is 36.4 Å². The Bertz CT molecular complexity index is 1200. The van der Waals surface area contributed by atoms with Crippen LogP contribution in [0.25, 0.3) is 17.0 Å². The summed E-state index contributed by atoms with van der Waals surface area (Å²) >= 11 is 0. The molecular formula is C25H31N7O2. The average molecular weight is 462 g/mol. The molecule has 0 aliphatic carbocycles. The Morgan fingerprint density at radius 2 is 1.94 bits per heavy atom. The minimum atomic E-state index is -1.03. The molecule has 0 unspecified atom stereocenters. The van der Waals surface area contributed by atoms with Crippen molar-refractivity contribution in [1.82, 2.24) is 19.9 Å². The second-order valence-electron chi connectivity index (χ2n) is 8.59. The van der Waals surface area contributed by atoms with E-state index in [-0.39, 0.29) is 5.95 Å². The molecule has 0 amide bonds. The Kier molecular flexibility index (Phi) is 7.22. The normalized spacial score (nSPS) is 14.7. The van der Waals surface area contributed by atoms with E-state index in [1.807, 2.05) is 12.1 Å². The standard InChI is InChI=1S/C25H31N7O2/c1-17-20(9-10-22(33)34)23(30-25(26)28-17)27-11-5-7-19-16-18-6-3-4-8-21(18)29-24(19)32-14-12-31(2)13-15-32/h3-4,6,8-10,16H,5,7,11-15H2,1-2H3,(H,33,34)(H3,26,27,28,30). The predicted octanol–water partition coefficient (Wildman–Crippen LogP) is 2.81. The van der Waals surface area contributed by atoms with E-state index in [2.05, 4.69) is 50.3 Å². The Balaban J connectivity index is 1.50. The molecule has 1 aliphatic rings. The molecule has 3 aromatic rings. The molecule has 178 valence electrons. The zero-order chi connectivity index (χ0) is 24.1. The van der Waals surface area contributed by atoms with Gasteiger partial charge >= 0.3 is 5.97 Å². The van der Waals surface area contributed by atoms with Gasteiger partial charge in [0, 0.05) is 49.7 Å². The molecule has 3 heterocycles. The molecule has 1 saturated heterocycles. The van der Waals surface area contributed by atoms with Gasteiger partial charge in [-0.25, -0.2) is 14.8 Å². The average Bonchev–Trinajstić information content (AvgIpc) is 2.81. The molecule has 1 aromatic carbocycles. The number of likely N-dealkylation sites (N-methyl/N-ethyl adjacent to an activating group) is 1. The molecule has 0 radical (unpaired) electrons. The van der Waals surface area contributed by atoms with Crippen LogP contribution in [0.4, 0.5) is 17.6 Å². The number of piperazine rings is 1. The summed E-state index contributed by atoms with van der Waals surface area (Å²) in [6, 6.07) is 10.5. The largest absolute Gasteiger partial charge is 0.478 e.